The highest BCUT2D eigenvalue weighted by molar-refractivity contribution is 7.12. The van der Waals surface area contributed by atoms with Crippen LogP contribution in [0, 0.1) is 0 Å². The molecule has 5 nitrogen and oxygen atoms in total. The number of hydrogen-bond acceptors (Lipinski definition) is 4. The molecule has 1 N–H and O–H groups in total. The number of carbonyl (C=O) groups is 1. The molecular weight excluding hydrogens is 320 g/mol. The van der Waals surface area contributed by atoms with Crippen LogP contribution in [0.4, 0.5) is 0 Å². The molecule has 1 aromatic carbocycles. The van der Waals surface area contributed by atoms with E-state index in [2.05, 4.69) is 15.2 Å². The lowest BCUT2D eigenvalue weighted by molar-refractivity contribution is 0.0709. The van der Waals surface area contributed by atoms with Crippen LogP contribution in [-0.4, -0.2) is 39.1 Å². The van der Waals surface area contributed by atoms with E-state index in [4.69, 9.17) is 0 Å². The number of hydrogen-bond donors (Lipinski definition) is 1. The summed E-state index contributed by atoms with van der Waals surface area (Å²) in [5, 5.41) is 9.36. The number of piperidine rings is 1. The normalized spacial score (nSPS) is 17.8. The maximum Gasteiger partial charge on any atom is 0.263 e. The quantitative estimate of drug-likeness (QED) is 0.794. The van der Waals surface area contributed by atoms with Crippen LogP contribution in [0.5, 0.6) is 0 Å². The average Bonchev–Trinajstić information content (AvgIpc) is 3.34. The number of nitrogens with zero attached hydrogens (tertiary/aromatic N) is 3. The number of carbonyl (C=O) groups excluding carboxylic acids is 1. The lowest BCUT2D eigenvalue weighted by Gasteiger charge is -2.31. The highest BCUT2D eigenvalue weighted by atomic mass is 32.1. The van der Waals surface area contributed by atoms with E-state index in [0.717, 1.165) is 35.7 Å². The SMILES string of the molecule is O=C(c1cccs1)N1CCCC(c2nc(-c3ccccc3)n[nH]2)C1. The van der Waals surface area contributed by atoms with Crippen molar-refractivity contribution in [2.24, 2.45) is 0 Å². The van der Waals surface area contributed by atoms with Crippen molar-refractivity contribution in [1.29, 1.82) is 0 Å². The smallest absolute Gasteiger partial charge is 0.263 e. The maximum atomic E-state index is 12.6. The van der Waals surface area contributed by atoms with E-state index in [9.17, 15) is 4.79 Å². The number of aromatic amines is 1. The Morgan fingerprint density at radius 3 is 2.88 bits per heavy atom. The average molecular weight is 338 g/mol. The summed E-state index contributed by atoms with van der Waals surface area (Å²) in [6, 6.07) is 13.7. The number of amides is 1. The van der Waals surface area contributed by atoms with E-state index in [-0.39, 0.29) is 11.8 Å². The van der Waals surface area contributed by atoms with Crippen LogP contribution >= 0.6 is 11.3 Å². The molecule has 1 amide bonds. The van der Waals surface area contributed by atoms with Gasteiger partial charge in [-0.3, -0.25) is 9.89 Å². The van der Waals surface area contributed by atoms with Gasteiger partial charge >= 0.3 is 0 Å². The molecule has 1 unspecified atom stereocenters. The Labute approximate surface area is 144 Å². The van der Waals surface area contributed by atoms with Gasteiger partial charge in [-0.2, -0.15) is 5.10 Å². The summed E-state index contributed by atoms with van der Waals surface area (Å²) in [6.45, 7) is 1.51. The molecule has 1 aliphatic heterocycles. The molecule has 0 saturated carbocycles. The summed E-state index contributed by atoms with van der Waals surface area (Å²) in [5.74, 6) is 1.93. The second-order valence-electron chi connectivity index (χ2n) is 5.98. The molecule has 1 atom stereocenters. The van der Waals surface area contributed by atoms with Gasteiger partial charge in [-0.1, -0.05) is 36.4 Å². The molecule has 24 heavy (non-hydrogen) atoms. The van der Waals surface area contributed by atoms with E-state index in [0.29, 0.717) is 12.4 Å². The fraction of sp³-hybridized carbons (Fsp3) is 0.278. The van der Waals surface area contributed by atoms with Crippen molar-refractivity contribution in [3.8, 4) is 11.4 Å². The predicted octanol–water partition coefficient (Wildman–Crippen LogP) is 3.55. The molecule has 3 aromatic rings. The molecule has 0 spiro atoms. The van der Waals surface area contributed by atoms with Gasteiger partial charge in [-0.25, -0.2) is 4.98 Å². The summed E-state index contributed by atoms with van der Waals surface area (Å²) >= 11 is 1.50. The number of aromatic nitrogens is 3. The van der Waals surface area contributed by atoms with Crippen molar-refractivity contribution < 1.29 is 4.79 Å². The second-order valence-corrected chi connectivity index (χ2v) is 6.93. The van der Waals surface area contributed by atoms with E-state index >= 15 is 0 Å². The molecule has 6 heteroatoms. The van der Waals surface area contributed by atoms with Crippen LogP contribution in [-0.2, 0) is 0 Å². The zero-order valence-corrected chi connectivity index (χ0v) is 14.0. The van der Waals surface area contributed by atoms with Crippen molar-refractivity contribution >= 4 is 17.2 Å². The lowest BCUT2D eigenvalue weighted by Crippen LogP contribution is -2.39. The fourth-order valence-corrected chi connectivity index (χ4v) is 3.80. The third-order valence-electron chi connectivity index (χ3n) is 4.36. The lowest BCUT2D eigenvalue weighted by atomic mass is 9.97. The molecule has 1 fully saturated rings. The van der Waals surface area contributed by atoms with Crippen molar-refractivity contribution in [1.82, 2.24) is 20.1 Å². The van der Waals surface area contributed by atoms with Gasteiger partial charge in [-0.15, -0.1) is 11.3 Å². The topological polar surface area (TPSA) is 61.9 Å². The van der Waals surface area contributed by atoms with Gasteiger partial charge in [0, 0.05) is 24.6 Å². The van der Waals surface area contributed by atoms with Crippen LogP contribution in [0.2, 0.25) is 0 Å². The molecule has 4 rings (SSSR count). The number of likely N-dealkylation sites (tertiary alicyclic amines) is 1. The summed E-state index contributed by atoms with van der Waals surface area (Å²) in [4.78, 5) is 20.0. The van der Waals surface area contributed by atoms with E-state index in [1.165, 1.54) is 11.3 Å². The van der Waals surface area contributed by atoms with Gasteiger partial charge in [0.15, 0.2) is 5.82 Å². The van der Waals surface area contributed by atoms with Gasteiger partial charge in [0.1, 0.15) is 5.82 Å². The molecular formula is C18H18N4OS. The highest BCUT2D eigenvalue weighted by Crippen LogP contribution is 2.27. The van der Waals surface area contributed by atoms with Crippen LogP contribution in [0.15, 0.2) is 47.8 Å². The Hall–Kier alpha value is -2.47. The Balaban J connectivity index is 1.50. The van der Waals surface area contributed by atoms with E-state index in [1.807, 2.05) is 52.7 Å². The van der Waals surface area contributed by atoms with Gasteiger partial charge in [0.05, 0.1) is 4.88 Å². The Bertz CT molecular complexity index is 813. The van der Waals surface area contributed by atoms with Crippen LogP contribution in [0.3, 0.4) is 0 Å². The summed E-state index contributed by atoms with van der Waals surface area (Å²) < 4.78 is 0. The Morgan fingerprint density at radius 1 is 1.21 bits per heavy atom. The van der Waals surface area contributed by atoms with Gasteiger partial charge in [0.25, 0.3) is 5.91 Å². The van der Waals surface area contributed by atoms with Gasteiger partial charge < -0.3 is 4.90 Å². The summed E-state index contributed by atoms with van der Waals surface area (Å²) in [7, 11) is 0. The van der Waals surface area contributed by atoms with Crippen molar-refractivity contribution in [3.05, 3.63) is 58.5 Å². The molecule has 0 radical (unpaired) electrons. The molecule has 122 valence electrons. The molecule has 2 aromatic heterocycles. The van der Waals surface area contributed by atoms with Crippen molar-refractivity contribution in [3.63, 3.8) is 0 Å². The summed E-state index contributed by atoms with van der Waals surface area (Å²) in [5.41, 5.74) is 1.00. The predicted molar refractivity (Wildman–Crippen MR) is 94.0 cm³/mol. The molecule has 0 bridgehead atoms. The third kappa shape index (κ3) is 2.97. The zero-order chi connectivity index (χ0) is 16.4. The molecule has 1 aliphatic rings. The van der Waals surface area contributed by atoms with Crippen molar-refractivity contribution in [2.75, 3.05) is 13.1 Å². The number of thiophene rings is 1. The number of benzene rings is 1. The Kier molecular flexibility index (Phi) is 4.13. The van der Waals surface area contributed by atoms with Gasteiger partial charge in [-0.05, 0) is 24.3 Å². The largest absolute Gasteiger partial charge is 0.337 e. The molecule has 1 saturated heterocycles. The fourth-order valence-electron chi connectivity index (χ4n) is 3.11. The van der Waals surface area contributed by atoms with Crippen LogP contribution in [0.1, 0.15) is 34.3 Å². The zero-order valence-electron chi connectivity index (χ0n) is 13.2. The third-order valence-corrected chi connectivity index (χ3v) is 5.22. The maximum absolute atomic E-state index is 12.6. The minimum absolute atomic E-state index is 0.123. The van der Waals surface area contributed by atoms with E-state index < -0.39 is 0 Å². The van der Waals surface area contributed by atoms with Crippen LogP contribution in [0.25, 0.3) is 11.4 Å². The first kappa shape index (κ1) is 15.1. The first-order valence-electron chi connectivity index (χ1n) is 8.12. The molecule has 3 heterocycles. The minimum Gasteiger partial charge on any atom is -0.337 e. The van der Waals surface area contributed by atoms with E-state index in [1.54, 1.807) is 0 Å². The summed E-state index contributed by atoms with van der Waals surface area (Å²) in [6.07, 6.45) is 2.01. The second kappa shape index (κ2) is 6.57. The monoisotopic (exact) mass is 338 g/mol. The number of rotatable bonds is 3. The minimum atomic E-state index is 0.123. The molecule has 0 aliphatic carbocycles. The number of H-pyrrole nitrogens is 1. The first-order valence-corrected chi connectivity index (χ1v) is 9.00. The van der Waals surface area contributed by atoms with Crippen LogP contribution < -0.4 is 0 Å². The standard InChI is InChI=1S/C18H18N4OS/c23-18(15-9-5-11-24-15)22-10-4-8-14(12-22)17-19-16(20-21-17)13-6-2-1-3-7-13/h1-3,5-7,9,11,14H,4,8,10,12H2,(H,19,20,21). The van der Waals surface area contributed by atoms with Crippen molar-refractivity contribution in [2.45, 2.75) is 18.8 Å². The Morgan fingerprint density at radius 2 is 2.08 bits per heavy atom. The first-order chi connectivity index (χ1) is 11.8. The number of nitrogens with one attached hydrogen (secondary N) is 1. The van der Waals surface area contributed by atoms with Gasteiger partial charge in [0.2, 0.25) is 0 Å². The highest BCUT2D eigenvalue weighted by Gasteiger charge is 2.28.